The zero-order chi connectivity index (χ0) is 12.5. The van der Waals surface area contributed by atoms with Gasteiger partial charge in [-0.2, -0.15) is 0 Å². The molecule has 0 spiro atoms. The first-order valence-corrected chi connectivity index (χ1v) is 7.80. The predicted octanol–water partition coefficient (Wildman–Crippen LogP) is 2.15. The van der Waals surface area contributed by atoms with Crippen LogP contribution in [0.1, 0.15) is 51.4 Å². The van der Waals surface area contributed by atoms with Crippen molar-refractivity contribution >= 4 is 5.91 Å². The number of carbonyl (C=O) groups excluding carboxylic acids is 1. The van der Waals surface area contributed by atoms with Crippen LogP contribution in [-0.2, 0) is 4.79 Å². The highest BCUT2D eigenvalue weighted by molar-refractivity contribution is 5.79. The van der Waals surface area contributed by atoms with E-state index in [-0.39, 0.29) is 0 Å². The summed E-state index contributed by atoms with van der Waals surface area (Å²) >= 11 is 0. The molecule has 3 aliphatic carbocycles. The van der Waals surface area contributed by atoms with Crippen molar-refractivity contribution in [3.05, 3.63) is 0 Å². The summed E-state index contributed by atoms with van der Waals surface area (Å²) in [4.78, 5) is 14.9. The molecule has 3 heteroatoms. The molecule has 102 valence electrons. The van der Waals surface area contributed by atoms with Crippen molar-refractivity contribution in [1.29, 1.82) is 0 Å². The Morgan fingerprint density at radius 2 is 1.78 bits per heavy atom. The average molecular weight is 250 g/mol. The second-order valence-electron chi connectivity index (χ2n) is 6.54. The fraction of sp³-hybridized carbons (Fsp3) is 0.933. The molecular formula is C15H26N2O. The molecule has 0 radical (unpaired) electrons. The van der Waals surface area contributed by atoms with Crippen molar-refractivity contribution in [3.8, 4) is 0 Å². The van der Waals surface area contributed by atoms with Crippen LogP contribution >= 0.6 is 0 Å². The first-order chi connectivity index (χ1) is 8.79. The molecule has 0 aliphatic heterocycles. The van der Waals surface area contributed by atoms with E-state index in [0.29, 0.717) is 24.4 Å². The lowest BCUT2D eigenvalue weighted by Crippen LogP contribution is -2.43. The van der Waals surface area contributed by atoms with Gasteiger partial charge >= 0.3 is 0 Å². The average Bonchev–Trinajstić information content (AvgIpc) is 2.85. The molecular weight excluding hydrogens is 224 g/mol. The van der Waals surface area contributed by atoms with Gasteiger partial charge in [0.05, 0.1) is 0 Å². The molecule has 3 saturated carbocycles. The second-order valence-corrected chi connectivity index (χ2v) is 6.54. The van der Waals surface area contributed by atoms with E-state index in [0.717, 1.165) is 24.8 Å². The number of nitrogens with two attached hydrogens (primary N) is 1. The number of hydrogen-bond donors (Lipinski definition) is 1. The predicted molar refractivity (Wildman–Crippen MR) is 72.0 cm³/mol. The number of fused-ring (bicyclic) bond motifs is 1. The van der Waals surface area contributed by atoms with Gasteiger partial charge < -0.3 is 10.6 Å². The van der Waals surface area contributed by atoms with Gasteiger partial charge in [-0.3, -0.25) is 4.79 Å². The van der Waals surface area contributed by atoms with Gasteiger partial charge in [0.25, 0.3) is 0 Å². The molecule has 0 saturated heterocycles. The molecule has 0 heterocycles. The Hall–Kier alpha value is -0.570. The first kappa shape index (κ1) is 12.5. The Bertz CT molecular complexity index is 302. The number of nitrogens with zero attached hydrogens (tertiary/aromatic N) is 1. The summed E-state index contributed by atoms with van der Waals surface area (Å²) in [7, 11) is 0. The van der Waals surface area contributed by atoms with E-state index in [4.69, 9.17) is 5.73 Å². The quantitative estimate of drug-likeness (QED) is 0.812. The third-order valence-electron chi connectivity index (χ3n) is 5.24. The monoisotopic (exact) mass is 250 g/mol. The normalized spacial score (nSPS) is 34.6. The van der Waals surface area contributed by atoms with Gasteiger partial charge in [0.1, 0.15) is 0 Å². The second kappa shape index (κ2) is 5.20. The van der Waals surface area contributed by atoms with Crippen LogP contribution in [0.15, 0.2) is 0 Å². The van der Waals surface area contributed by atoms with Crippen LogP contribution in [-0.4, -0.2) is 29.9 Å². The van der Waals surface area contributed by atoms with E-state index in [9.17, 15) is 4.79 Å². The molecule has 2 atom stereocenters. The molecule has 2 unspecified atom stereocenters. The van der Waals surface area contributed by atoms with E-state index >= 15 is 0 Å². The molecule has 3 aliphatic rings. The summed E-state index contributed by atoms with van der Waals surface area (Å²) < 4.78 is 0. The van der Waals surface area contributed by atoms with Crippen LogP contribution in [0, 0.1) is 17.8 Å². The van der Waals surface area contributed by atoms with Crippen molar-refractivity contribution in [3.63, 3.8) is 0 Å². The Labute approximate surface area is 110 Å². The number of rotatable bonds is 5. The van der Waals surface area contributed by atoms with Gasteiger partial charge in [-0.15, -0.1) is 0 Å². The summed E-state index contributed by atoms with van der Waals surface area (Å²) in [6, 6.07) is 0.529. The van der Waals surface area contributed by atoms with Crippen molar-refractivity contribution in [1.82, 2.24) is 4.90 Å². The molecule has 0 aromatic rings. The first-order valence-electron chi connectivity index (χ1n) is 7.80. The molecule has 2 N–H and O–H groups in total. The summed E-state index contributed by atoms with van der Waals surface area (Å²) in [5.41, 5.74) is 5.62. The lowest BCUT2D eigenvalue weighted by atomic mass is 10.00. The number of hydrogen-bond acceptors (Lipinski definition) is 2. The lowest BCUT2D eigenvalue weighted by Gasteiger charge is -2.31. The third kappa shape index (κ3) is 2.42. The maximum atomic E-state index is 12.7. The van der Waals surface area contributed by atoms with E-state index < -0.39 is 0 Å². The third-order valence-corrected chi connectivity index (χ3v) is 5.24. The minimum Gasteiger partial charge on any atom is -0.339 e. The van der Waals surface area contributed by atoms with Gasteiger partial charge in [0.2, 0.25) is 5.91 Å². The fourth-order valence-electron chi connectivity index (χ4n) is 4.10. The van der Waals surface area contributed by atoms with Gasteiger partial charge in [-0.1, -0.05) is 12.8 Å². The number of carbonyl (C=O) groups is 1. The van der Waals surface area contributed by atoms with Crippen LogP contribution in [0.2, 0.25) is 0 Å². The molecule has 18 heavy (non-hydrogen) atoms. The van der Waals surface area contributed by atoms with E-state index in [1.165, 1.54) is 44.9 Å². The van der Waals surface area contributed by atoms with Crippen molar-refractivity contribution in [2.75, 3.05) is 13.1 Å². The van der Waals surface area contributed by atoms with Crippen LogP contribution in [0.5, 0.6) is 0 Å². The topological polar surface area (TPSA) is 46.3 Å². The van der Waals surface area contributed by atoms with E-state index in [1.54, 1.807) is 0 Å². The van der Waals surface area contributed by atoms with Gasteiger partial charge in [0.15, 0.2) is 0 Å². The molecule has 3 nitrogen and oxygen atoms in total. The minimum absolute atomic E-state index is 0.354. The standard InChI is InChI=1S/C15H26N2O/c16-6-3-7-17(14-4-1-2-5-14)15(18)13-9-11-8-12(11)10-13/h11-14H,1-10,16H2. The van der Waals surface area contributed by atoms with Gasteiger partial charge in [0, 0.05) is 18.5 Å². The maximum Gasteiger partial charge on any atom is 0.225 e. The minimum atomic E-state index is 0.354. The highest BCUT2D eigenvalue weighted by atomic mass is 16.2. The van der Waals surface area contributed by atoms with Gasteiger partial charge in [-0.05, 0) is 56.9 Å². The highest BCUT2D eigenvalue weighted by Crippen LogP contribution is 2.54. The fourth-order valence-corrected chi connectivity index (χ4v) is 4.10. The number of amides is 1. The zero-order valence-electron chi connectivity index (χ0n) is 11.3. The van der Waals surface area contributed by atoms with Crippen LogP contribution in [0.4, 0.5) is 0 Å². The Morgan fingerprint density at radius 1 is 1.11 bits per heavy atom. The van der Waals surface area contributed by atoms with Gasteiger partial charge in [-0.25, -0.2) is 0 Å². The zero-order valence-corrected chi connectivity index (χ0v) is 11.3. The smallest absolute Gasteiger partial charge is 0.225 e. The van der Waals surface area contributed by atoms with E-state index in [1.807, 2.05) is 0 Å². The van der Waals surface area contributed by atoms with Crippen LogP contribution in [0.25, 0.3) is 0 Å². The summed E-state index contributed by atoms with van der Waals surface area (Å²) in [5, 5.41) is 0. The molecule has 3 fully saturated rings. The summed E-state index contributed by atoms with van der Waals surface area (Å²) in [6.07, 6.45) is 9.74. The highest BCUT2D eigenvalue weighted by Gasteiger charge is 2.49. The summed E-state index contributed by atoms with van der Waals surface area (Å²) in [6.45, 7) is 1.60. The Balaban J connectivity index is 1.61. The van der Waals surface area contributed by atoms with Crippen molar-refractivity contribution in [2.24, 2.45) is 23.5 Å². The molecule has 0 bridgehead atoms. The Kier molecular flexibility index (Phi) is 3.60. The van der Waals surface area contributed by atoms with E-state index in [2.05, 4.69) is 4.90 Å². The maximum absolute atomic E-state index is 12.7. The van der Waals surface area contributed by atoms with Crippen molar-refractivity contribution in [2.45, 2.75) is 57.4 Å². The Morgan fingerprint density at radius 3 is 2.39 bits per heavy atom. The molecule has 0 aromatic heterocycles. The molecule has 0 aromatic carbocycles. The molecule has 1 amide bonds. The SMILES string of the molecule is NCCCN(C(=O)C1CC2CC2C1)C1CCCC1. The van der Waals surface area contributed by atoms with Crippen molar-refractivity contribution < 1.29 is 4.79 Å². The summed E-state index contributed by atoms with van der Waals surface area (Å²) in [5.74, 6) is 2.62. The largest absolute Gasteiger partial charge is 0.339 e. The lowest BCUT2D eigenvalue weighted by molar-refractivity contribution is -0.138. The van der Waals surface area contributed by atoms with Crippen LogP contribution in [0.3, 0.4) is 0 Å². The van der Waals surface area contributed by atoms with Crippen LogP contribution < -0.4 is 5.73 Å². The molecule has 3 rings (SSSR count).